The number of rotatable bonds is 6. The number of hydrogen-bond acceptors (Lipinski definition) is 5. The van der Waals surface area contributed by atoms with Crippen molar-refractivity contribution >= 4 is 22.8 Å². The van der Waals surface area contributed by atoms with Crippen LogP contribution in [0.3, 0.4) is 0 Å². The van der Waals surface area contributed by atoms with Crippen LogP contribution < -0.4 is 10.2 Å². The van der Waals surface area contributed by atoms with E-state index in [0.29, 0.717) is 30.0 Å². The molecule has 1 aliphatic heterocycles. The number of aromatic nitrogens is 2. The largest absolute Gasteiger partial charge is 0.355 e. The van der Waals surface area contributed by atoms with Crippen molar-refractivity contribution in [2.75, 3.05) is 24.5 Å². The average Bonchev–Trinajstić information content (AvgIpc) is 3.29. The Kier molecular flexibility index (Phi) is 5.66. The van der Waals surface area contributed by atoms with E-state index < -0.39 is 5.92 Å². The fourth-order valence-electron chi connectivity index (χ4n) is 3.68. The Hall–Kier alpha value is -3.46. The summed E-state index contributed by atoms with van der Waals surface area (Å²) < 4.78 is 0. The van der Waals surface area contributed by atoms with Gasteiger partial charge in [-0.25, -0.2) is 9.97 Å². The predicted molar refractivity (Wildman–Crippen MR) is 112 cm³/mol. The number of nitrogens with zero attached hydrogens (tertiary/aromatic N) is 4. The first-order valence-corrected chi connectivity index (χ1v) is 9.99. The summed E-state index contributed by atoms with van der Waals surface area (Å²) in [5.41, 5.74) is 3.07. The zero-order valence-electron chi connectivity index (χ0n) is 16.2. The molecule has 2 aromatic carbocycles. The summed E-state index contributed by atoms with van der Waals surface area (Å²) in [6.07, 6.45) is 2.87. The molecule has 2 heterocycles. The zero-order chi connectivity index (χ0) is 20.1. The van der Waals surface area contributed by atoms with E-state index in [4.69, 9.17) is 9.97 Å². The molecular weight excluding hydrogens is 362 g/mol. The molecule has 1 aliphatic rings. The Morgan fingerprint density at radius 2 is 1.69 bits per heavy atom. The third kappa shape index (κ3) is 4.19. The van der Waals surface area contributed by atoms with Gasteiger partial charge in [-0.1, -0.05) is 42.5 Å². The first-order chi connectivity index (χ1) is 14.3. The van der Waals surface area contributed by atoms with E-state index in [1.165, 1.54) is 0 Å². The van der Waals surface area contributed by atoms with Crippen LogP contribution in [0, 0.1) is 11.3 Å². The molecule has 0 aliphatic carbocycles. The number of para-hydroxylation sites is 2. The van der Waals surface area contributed by atoms with Crippen molar-refractivity contribution in [3.8, 4) is 6.07 Å². The van der Waals surface area contributed by atoms with E-state index in [1.54, 1.807) is 0 Å². The van der Waals surface area contributed by atoms with E-state index in [2.05, 4.69) is 16.3 Å². The van der Waals surface area contributed by atoms with Crippen LogP contribution in [-0.4, -0.2) is 35.5 Å². The van der Waals surface area contributed by atoms with E-state index in [-0.39, 0.29) is 5.91 Å². The van der Waals surface area contributed by atoms with Crippen molar-refractivity contribution in [3.63, 3.8) is 0 Å². The van der Waals surface area contributed by atoms with Crippen LogP contribution in [0.25, 0.3) is 11.0 Å². The Labute approximate surface area is 170 Å². The summed E-state index contributed by atoms with van der Waals surface area (Å²) in [7, 11) is 0. The normalized spacial score (nSPS) is 14.5. The van der Waals surface area contributed by atoms with Crippen LogP contribution in [0.1, 0.15) is 30.0 Å². The van der Waals surface area contributed by atoms with Crippen LogP contribution >= 0.6 is 0 Å². The topological polar surface area (TPSA) is 81.9 Å². The quantitative estimate of drug-likeness (QED) is 0.705. The highest BCUT2D eigenvalue weighted by Crippen LogP contribution is 2.29. The zero-order valence-corrected chi connectivity index (χ0v) is 16.2. The van der Waals surface area contributed by atoms with Gasteiger partial charge in [0.05, 0.1) is 17.1 Å². The maximum atomic E-state index is 12.8. The molecule has 146 valence electrons. The Morgan fingerprint density at radius 1 is 1.03 bits per heavy atom. The van der Waals surface area contributed by atoms with Gasteiger partial charge in [-0.05, 0) is 37.0 Å². The highest BCUT2D eigenvalue weighted by Gasteiger charge is 2.29. The Morgan fingerprint density at radius 3 is 2.38 bits per heavy atom. The molecule has 0 saturated carbocycles. The summed E-state index contributed by atoms with van der Waals surface area (Å²) in [6, 6.07) is 19.7. The maximum Gasteiger partial charge on any atom is 0.243 e. The third-order valence-electron chi connectivity index (χ3n) is 5.20. The van der Waals surface area contributed by atoms with Crippen LogP contribution in [-0.2, 0) is 11.2 Å². The van der Waals surface area contributed by atoms with Crippen molar-refractivity contribution in [2.45, 2.75) is 25.2 Å². The summed E-state index contributed by atoms with van der Waals surface area (Å²) in [5, 5.41) is 12.7. The van der Waals surface area contributed by atoms with Crippen LogP contribution in [0.4, 0.5) is 5.82 Å². The molecule has 4 rings (SSSR count). The van der Waals surface area contributed by atoms with Gasteiger partial charge in [-0.3, -0.25) is 4.79 Å². The number of fused-ring (bicyclic) bond motifs is 1. The second kappa shape index (κ2) is 8.70. The molecule has 1 saturated heterocycles. The minimum absolute atomic E-state index is 0.326. The lowest BCUT2D eigenvalue weighted by Crippen LogP contribution is -2.32. The highest BCUT2D eigenvalue weighted by molar-refractivity contribution is 5.88. The SMILES string of the molecule is N#C[C@H](C(=O)NCCc1ccccc1)c1nc2ccccc2nc1N1CCCC1. The van der Waals surface area contributed by atoms with Crippen LogP contribution in [0.15, 0.2) is 54.6 Å². The summed E-state index contributed by atoms with van der Waals surface area (Å²) >= 11 is 0. The van der Waals surface area contributed by atoms with Gasteiger partial charge in [0, 0.05) is 19.6 Å². The van der Waals surface area contributed by atoms with E-state index in [0.717, 1.165) is 37.0 Å². The standard InChI is InChI=1S/C23H23N5O/c24-16-18(23(29)25-13-12-17-8-2-1-3-9-17)21-22(28-14-6-7-15-28)27-20-11-5-4-10-19(20)26-21/h1-5,8-11,18H,6-7,12-15H2,(H,25,29)/t18-/m0/s1. The lowest BCUT2D eigenvalue weighted by molar-refractivity contribution is -0.121. The molecule has 3 aromatic rings. The third-order valence-corrected chi connectivity index (χ3v) is 5.20. The number of anilines is 1. The maximum absolute atomic E-state index is 12.8. The molecule has 1 amide bonds. The monoisotopic (exact) mass is 385 g/mol. The summed E-state index contributed by atoms with van der Waals surface area (Å²) in [6.45, 7) is 2.21. The van der Waals surface area contributed by atoms with Gasteiger partial charge in [-0.15, -0.1) is 0 Å². The number of benzene rings is 2. The van der Waals surface area contributed by atoms with Crippen molar-refractivity contribution in [1.29, 1.82) is 5.26 Å². The number of nitriles is 1. The molecule has 1 N–H and O–H groups in total. The van der Waals surface area contributed by atoms with E-state index in [1.807, 2.05) is 54.6 Å². The lowest BCUT2D eigenvalue weighted by atomic mass is 10.0. The van der Waals surface area contributed by atoms with Gasteiger partial charge in [0.2, 0.25) is 5.91 Å². The average molecular weight is 385 g/mol. The second-order valence-electron chi connectivity index (χ2n) is 7.20. The minimum atomic E-state index is -0.988. The molecule has 0 spiro atoms. The van der Waals surface area contributed by atoms with Crippen molar-refractivity contribution in [3.05, 3.63) is 65.9 Å². The number of carbonyl (C=O) groups is 1. The fraction of sp³-hybridized carbons (Fsp3) is 0.304. The number of hydrogen-bond donors (Lipinski definition) is 1. The van der Waals surface area contributed by atoms with E-state index in [9.17, 15) is 10.1 Å². The van der Waals surface area contributed by atoms with Gasteiger partial charge >= 0.3 is 0 Å². The molecule has 0 radical (unpaired) electrons. The molecule has 6 heteroatoms. The van der Waals surface area contributed by atoms with Crippen LogP contribution in [0.5, 0.6) is 0 Å². The minimum Gasteiger partial charge on any atom is -0.355 e. The van der Waals surface area contributed by atoms with E-state index >= 15 is 0 Å². The Bertz CT molecular complexity index is 1040. The number of amides is 1. The molecular formula is C23H23N5O. The summed E-state index contributed by atoms with van der Waals surface area (Å²) in [5.74, 6) is -0.655. The molecule has 0 unspecified atom stereocenters. The predicted octanol–water partition coefficient (Wildman–Crippen LogP) is 3.20. The first-order valence-electron chi connectivity index (χ1n) is 9.99. The van der Waals surface area contributed by atoms with Gasteiger partial charge in [0.15, 0.2) is 11.7 Å². The van der Waals surface area contributed by atoms with Crippen molar-refractivity contribution < 1.29 is 4.79 Å². The van der Waals surface area contributed by atoms with Crippen molar-refractivity contribution in [1.82, 2.24) is 15.3 Å². The number of nitrogens with one attached hydrogen (secondary N) is 1. The van der Waals surface area contributed by atoms with Gasteiger partial charge in [0.25, 0.3) is 0 Å². The van der Waals surface area contributed by atoms with Crippen molar-refractivity contribution in [2.24, 2.45) is 0 Å². The van der Waals surface area contributed by atoms with Gasteiger partial charge in [-0.2, -0.15) is 5.26 Å². The second-order valence-corrected chi connectivity index (χ2v) is 7.20. The molecule has 1 aromatic heterocycles. The number of carbonyl (C=O) groups excluding carboxylic acids is 1. The van der Waals surface area contributed by atoms with Gasteiger partial charge < -0.3 is 10.2 Å². The summed E-state index contributed by atoms with van der Waals surface area (Å²) in [4.78, 5) is 24.4. The smallest absolute Gasteiger partial charge is 0.243 e. The molecule has 29 heavy (non-hydrogen) atoms. The molecule has 1 fully saturated rings. The fourth-order valence-corrected chi connectivity index (χ4v) is 3.68. The first kappa shape index (κ1) is 18.9. The lowest BCUT2D eigenvalue weighted by Gasteiger charge is -2.21. The Balaban J connectivity index is 1.59. The molecule has 0 bridgehead atoms. The highest BCUT2D eigenvalue weighted by atomic mass is 16.1. The molecule has 1 atom stereocenters. The van der Waals surface area contributed by atoms with Crippen LogP contribution in [0.2, 0.25) is 0 Å². The molecule has 6 nitrogen and oxygen atoms in total. The van der Waals surface area contributed by atoms with Gasteiger partial charge in [0.1, 0.15) is 5.69 Å².